The van der Waals surface area contributed by atoms with Crippen molar-refractivity contribution in [1.82, 2.24) is 24.4 Å². The molecule has 0 unspecified atom stereocenters. The van der Waals surface area contributed by atoms with Crippen molar-refractivity contribution in [3.63, 3.8) is 0 Å². The van der Waals surface area contributed by atoms with Gasteiger partial charge in [-0.3, -0.25) is 9.48 Å². The molecule has 10 heteroatoms. The number of carbonyl (C=O) groups excluding carboxylic acids is 1. The van der Waals surface area contributed by atoms with Crippen LogP contribution >= 0.6 is 15.9 Å². The SMILES string of the molecule is C=CC(=O)Nc1nccc(COc2cc(-c3cnn(C)c3)cn3ncc(C#N)c23)c1Br. The van der Waals surface area contributed by atoms with E-state index >= 15 is 0 Å². The third kappa shape index (κ3) is 4.04. The lowest BCUT2D eigenvalue weighted by molar-refractivity contribution is -0.111. The summed E-state index contributed by atoms with van der Waals surface area (Å²) in [6.07, 6.45) is 9.69. The molecule has 1 amide bonds. The first-order chi connectivity index (χ1) is 15.0. The van der Waals surface area contributed by atoms with Crippen molar-refractivity contribution in [2.75, 3.05) is 5.32 Å². The summed E-state index contributed by atoms with van der Waals surface area (Å²) in [5, 5.41) is 20.6. The van der Waals surface area contributed by atoms with Crippen LogP contribution in [0.5, 0.6) is 5.75 Å². The molecule has 0 spiro atoms. The van der Waals surface area contributed by atoms with E-state index in [1.165, 1.54) is 12.3 Å². The molecule has 4 heterocycles. The summed E-state index contributed by atoms with van der Waals surface area (Å²) < 4.78 is 10.0. The van der Waals surface area contributed by atoms with E-state index < -0.39 is 0 Å². The lowest BCUT2D eigenvalue weighted by Gasteiger charge is -2.13. The van der Waals surface area contributed by atoms with E-state index in [0.29, 0.717) is 27.1 Å². The maximum absolute atomic E-state index is 11.6. The number of aryl methyl sites for hydroxylation is 1. The first-order valence-corrected chi connectivity index (χ1v) is 9.89. The Morgan fingerprint density at radius 2 is 2.19 bits per heavy atom. The smallest absolute Gasteiger partial charge is 0.248 e. The molecular formula is C21H16BrN7O2. The summed E-state index contributed by atoms with van der Waals surface area (Å²) >= 11 is 3.46. The van der Waals surface area contributed by atoms with Gasteiger partial charge in [-0.25, -0.2) is 9.50 Å². The van der Waals surface area contributed by atoms with E-state index in [9.17, 15) is 10.1 Å². The van der Waals surface area contributed by atoms with Crippen molar-refractivity contribution in [2.45, 2.75) is 6.61 Å². The van der Waals surface area contributed by atoms with Crippen LogP contribution in [-0.4, -0.2) is 30.3 Å². The number of fused-ring (bicyclic) bond motifs is 1. The van der Waals surface area contributed by atoms with Gasteiger partial charge in [-0.1, -0.05) is 6.58 Å². The van der Waals surface area contributed by atoms with E-state index in [4.69, 9.17) is 4.74 Å². The maximum atomic E-state index is 11.6. The fourth-order valence-corrected chi connectivity index (χ4v) is 3.46. The van der Waals surface area contributed by atoms with Crippen LogP contribution in [0, 0.1) is 11.3 Å². The lowest BCUT2D eigenvalue weighted by atomic mass is 10.1. The predicted octanol–water partition coefficient (Wildman–Crippen LogP) is 3.47. The number of pyridine rings is 2. The molecule has 0 radical (unpaired) electrons. The van der Waals surface area contributed by atoms with Gasteiger partial charge in [0.1, 0.15) is 35.3 Å². The number of carbonyl (C=O) groups is 1. The monoisotopic (exact) mass is 477 g/mol. The number of anilines is 1. The Hall–Kier alpha value is -3.97. The van der Waals surface area contributed by atoms with Crippen molar-refractivity contribution in [2.24, 2.45) is 7.05 Å². The van der Waals surface area contributed by atoms with Crippen LogP contribution in [0.3, 0.4) is 0 Å². The normalized spacial score (nSPS) is 10.6. The van der Waals surface area contributed by atoms with Gasteiger partial charge in [0, 0.05) is 42.3 Å². The molecule has 0 atom stereocenters. The Morgan fingerprint density at radius 1 is 1.35 bits per heavy atom. The van der Waals surface area contributed by atoms with E-state index in [-0.39, 0.29) is 12.5 Å². The quantitative estimate of drug-likeness (QED) is 0.425. The molecule has 31 heavy (non-hydrogen) atoms. The second-order valence-electron chi connectivity index (χ2n) is 6.57. The van der Waals surface area contributed by atoms with Crippen molar-refractivity contribution < 1.29 is 9.53 Å². The van der Waals surface area contributed by atoms with Gasteiger partial charge in [-0.05, 0) is 34.1 Å². The molecule has 4 aromatic heterocycles. The lowest BCUT2D eigenvalue weighted by Crippen LogP contribution is -2.10. The number of ether oxygens (including phenoxy) is 1. The molecule has 0 aliphatic rings. The second-order valence-corrected chi connectivity index (χ2v) is 7.37. The molecule has 0 aliphatic heterocycles. The van der Waals surface area contributed by atoms with Crippen molar-refractivity contribution >= 4 is 33.2 Å². The summed E-state index contributed by atoms with van der Waals surface area (Å²) in [5.74, 6) is 0.494. The zero-order valence-corrected chi connectivity index (χ0v) is 18.0. The van der Waals surface area contributed by atoms with Crippen LogP contribution in [0.25, 0.3) is 16.6 Å². The van der Waals surface area contributed by atoms with E-state index in [0.717, 1.165) is 16.7 Å². The number of nitriles is 1. The third-order valence-electron chi connectivity index (χ3n) is 4.51. The summed E-state index contributed by atoms with van der Waals surface area (Å²) in [6.45, 7) is 3.61. The highest BCUT2D eigenvalue weighted by atomic mass is 79.9. The molecule has 9 nitrogen and oxygen atoms in total. The molecule has 154 valence electrons. The highest BCUT2D eigenvalue weighted by molar-refractivity contribution is 9.10. The van der Waals surface area contributed by atoms with Gasteiger partial charge >= 0.3 is 0 Å². The van der Waals surface area contributed by atoms with Crippen molar-refractivity contribution in [3.05, 3.63) is 71.4 Å². The molecular weight excluding hydrogens is 462 g/mol. The molecule has 0 bridgehead atoms. The number of hydrogen-bond acceptors (Lipinski definition) is 6. The van der Waals surface area contributed by atoms with Crippen LogP contribution in [0.15, 0.2) is 60.2 Å². The second kappa shape index (κ2) is 8.41. The Kier molecular flexibility index (Phi) is 5.51. The summed E-state index contributed by atoms with van der Waals surface area (Å²) in [6, 6.07) is 5.77. The van der Waals surface area contributed by atoms with Crippen LogP contribution in [0.4, 0.5) is 5.82 Å². The van der Waals surface area contributed by atoms with Gasteiger partial charge in [-0.15, -0.1) is 0 Å². The van der Waals surface area contributed by atoms with Gasteiger partial charge in [-0.2, -0.15) is 15.5 Å². The van der Waals surface area contributed by atoms with E-state index in [1.54, 1.807) is 27.7 Å². The third-order valence-corrected chi connectivity index (χ3v) is 5.40. The molecule has 0 saturated heterocycles. The first kappa shape index (κ1) is 20.3. The number of amides is 1. The molecule has 1 N–H and O–H groups in total. The zero-order chi connectivity index (χ0) is 22.0. The van der Waals surface area contributed by atoms with Gasteiger partial charge < -0.3 is 10.1 Å². The average Bonchev–Trinajstić information content (AvgIpc) is 3.39. The fraction of sp³-hybridized carbons (Fsp3) is 0.0952. The molecule has 0 aromatic carbocycles. The zero-order valence-electron chi connectivity index (χ0n) is 16.4. The van der Waals surface area contributed by atoms with E-state index in [1.807, 2.05) is 25.5 Å². The van der Waals surface area contributed by atoms with Gasteiger partial charge in [0.25, 0.3) is 0 Å². The highest BCUT2D eigenvalue weighted by Gasteiger charge is 2.15. The van der Waals surface area contributed by atoms with Gasteiger partial charge in [0.05, 0.1) is 16.9 Å². The summed E-state index contributed by atoms with van der Waals surface area (Å²) in [5.41, 5.74) is 3.47. The van der Waals surface area contributed by atoms with Crippen LogP contribution in [0.1, 0.15) is 11.1 Å². The topological polar surface area (TPSA) is 110 Å². The molecule has 4 aromatic rings. The predicted molar refractivity (Wildman–Crippen MR) is 117 cm³/mol. The highest BCUT2D eigenvalue weighted by Crippen LogP contribution is 2.31. The number of halogens is 1. The summed E-state index contributed by atoms with van der Waals surface area (Å²) in [7, 11) is 1.84. The minimum Gasteiger partial charge on any atom is -0.487 e. The number of rotatable bonds is 6. The molecule has 0 fully saturated rings. The minimum atomic E-state index is -0.366. The Bertz CT molecular complexity index is 1350. The van der Waals surface area contributed by atoms with Crippen molar-refractivity contribution in [3.8, 4) is 22.9 Å². The van der Waals surface area contributed by atoms with Crippen LogP contribution in [0.2, 0.25) is 0 Å². The van der Waals surface area contributed by atoms with Crippen LogP contribution in [-0.2, 0) is 18.4 Å². The molecule has 0 saturated carbocycles. The standard InChI is InChI=1S/C21H16BrN7O2/c1-3-18(30)27-21-19(22)13(4-5-24-21)12-31-17-6-14(16-9-25-28(2)10-16)11-29-20(17)15(7-23)8-26-29/h3-6,8-11H,1,12H2,2H3,(H,24,27,30). The van der Waals surface area contributed by atoms with E-state index in [2.05, 4.69) is 49.1 Å². The Balaban J connectivity index is 1.70. The summed E-state index contributed by atoms with van der Waals surface area (Å²) in [4.78, 5) is 15.8. The Morgan fingerprint density at radius 3 is 2.90 bits per heavy atom. The average molecular weight is 478 g/mol. The van der Waals surface area contributed by atoms with Gasteiger partial charge in [0.2, 0.25) is 5.91 Å². The van der Waals surface area contributed by atoms with Crippen LogP contribution < -0.4 is 10.1 Å². The number of nitrogens with zero attached hydrogens (tertiary/aromatic N) is 6. The molecule has 4 rings (SSSR count). The maximum Gasteiger partial charge on any atom is 0.248 e. The molecule has 0 aliphatic carbocycles. The number of hydrogen-bond donors (Lipinski definition) is 1. The minimum absolute atomic E-state index is 0.169. The van der Waals surface area contributed by atoms with Gasteiger partial charge in [0.15, 0.2) is 0 Å². The Labute approximate surface area is 185 Å². The first-order valence-electron chi connectivity index (χ1n) is 9.10. The number of aromatic nitrogens is 5. The number of nitrogens with one attached hydrogen (secondary N) is 1. The fourth-order valence-electron chi connectivity index (χ4n) is 3.01. The largest absolute Gasteiger partial charge is 0.487 e. The van der Waals surface area contributed by atoms with Crippen molar-refractivity contribution in [1.29, 1.82) is 5.26 Å².